The first-order chi connectivity index (χ1) is 4.39. The van der Waals surface area contributed by atoms with Gasteiger partial charge in [-0.1, -0.05) is 6.07 Å². The van der Waals surface area contributed by atoms with Crippen molar-refractivity contribution in [3.63, 3.8) is 0 Å². The predicted molar refractivity (Wildman–Crippen MR) is 42.6 cm³/mol. The van der Waals surface area contributed by atoms with E-state index >= 15 is 0 Å². The Bertz CT molecular complexity index is 139. The Hall–Kier alpha value is -0.184. The van der Waals surface area contributed by atoms with Crippen LogP contribution in [0.2, 0.25) is 0 Å². The molecule has 1 rings (SSSR count). The largest absolute Gasteiger partial charge is 2.00 e. The average Bonchev–Trinajstić information content (AvgIpc) is 1.94. The second-order valence-corrected chi connectivity index (χ2v) is 1.49. The van der Waals surface area contributed by atoms with E-state index in [1.165, 1.54) is 0 Å². The summed E-state index contributed by atoms with van der Waals surface area (Å²) in [6.45, 7) is 3.72. The van der Waals surface area contributed by atoms with Crippen LogP contribution >= 0.6 is 0 Å². The molecule has 0 fully saturated rings. The Balaban J connectivity index is 0. The van der Waals surface area contributed by atoms with Crippen LogP contribution in [0.15, 0.2) is 30.3 Å². The van der Waals surface area contributed by atoms with Crippen LogP contribution in [-0.4, -0.2) is 30.2 Å². The molecule has 0 unspecified atom stereocenters. The minimum absolute atomic E-state index is 0. The van der Waals surface area contributed by atoms with Gasteiger partial charge in [0.15, 0.2) is 0 Å². The number of hydrogen-bond donors (Lipinski definition) is 0. The third-order valence-electron chi connectivity index (χ3n) is 0.843. The van der Waals surface area contributed by atoms with Crippen LogP contribution in [0.3, 0.4) is 0 Å². The minimum atomic E-state index is 0. The summed E-state index contributed by atoms with van der Waals surface area (Å²) in [5, 5.41) is 8.25. The van der Waals surface area contributed by atoms with Gasteiger partial charge in [-0.05, 0) is 0 Å². The van der Waals surface area contributed by atoms with Gasteiger partial charge in [0.05, 0.1) is 0 Å². The fourth-order valence-corrected chi connectivity index (χ4v) is 0.478. The van der Waals surface area contributed by atoms with Crippen LogP contribution in [0.4, 0.5) is 0 Å². The molecule has 0 aliphatic heterocycles. The normalized spacial score (nSPS) is 6.60. The van der Waals surface area contributed by atoms with Gasteiger partial charge >= 0.3 is 23.1 Å². The topological polar surface area (TPSA) is 23.1 Å². The van der Waals surface area contributed by atoms with E-state index in [-0.39, 0.29) is 23.1 Å². The molecule has 10 heavy (non-hydrogen) atoms. The summed E-state index contributed by atoms with van der Waals surface area (Å²) in [5.41, 5.74) is 1.07. The average molecular weight is 146 g/mol. The van der Waals surface area contributed by atoms with Crippen molar-refractivity contribution in [3.8, 4) is 0 Å². The molecule has 1 nitrogen and oxygen atoms in total. The molecule has 0 aliphatic carbocycles. The molecule has 0 heterocycles. The molecule has 50 valence electrons. The number of benzene rings is 1. The number of rotatable bonds is 0. The van der Waals surface area contributed by atoms with Gasteiger partial charge in [-0.3, -0.25) is 0 Å². The van der Waals surface area contributed by atoms with Gasteiger partial charge in [-0.2, -0.15) is 31.7 Å². The van der Waals surface area contributed by atoms with Gasteiger partial charge in [-0.25, -0.2) is 0 Å². The first-order valence-corrected chi connectivity index (χ1v) is 2.67. The van der Waals surface area contributed by atoms with Gasteiger partial charge in [-0.15, -0.1) is 12.1 Å². The predicted octanol–water partition coefficient (Wildman–Crippen LogP) is 0.464. The smallest absolute Gasteiger partial charge is 0.857 e. The Morgan fingerprint density at radius 1 is 1.10 bits per heavy atom. The molecule has 0 aromatic heterocycles. The Morgan fingerprint density at radius 3 is 1.70 bits per heavy atom. The third-order valence-corrected chi connectivity index (χ3v) is 0.843. The molecule has 0 N–H and O–H groups in total. The van der Waals surface area contributed by atoms with E-state index in [4.69, 9.17) is 5.11 Å². The van der Waals surface area contributed by atoms with Crippen molar-refractivity contribution in [3.05, 3.63) is 42.8 Å². The third kappa shape index (κ3) is 5.94. The fraction of sp³-hybridized carbons (Fsp3) is 0.125. The van der Waals surface area contributed by atoms with Gasteiger partial charge in [0.1, 0.15) is 0 Å². The molecule has 0 radical (unpaired) electrons. The molecule has 2 heteroatoms. The Labute approximate surface area is 78.2 Å². The first kappa shape index (κ1) is 12.5. The molecular formula is C8H10MgO. The maximum atomic E-state index is 8.25. The second-order valence-electron chi connectivity index (χ2n) is 1.49. The molecule has 0 bridgehead atoms. The summed E-state index contributed by atoms with van der Waals surface area (Å²) in [6, 6.07) is 9.87. The van der Waals surface area contributed by atoms with Gasteiger partial charge in [0.2, 0.25) is 0 Å². The van der Waals surface area contributed by atoms with E-state index in [0.29, 0.717) is 0 Å². The summed E-state index contributed by atoms with van der Waals surface area (Å²) >= 11 is 0. The standard InChI is InChI=1S/C7H7.CH3O.Mg/c1-7-5-3-2-4-6-7;1-2;/h2-6H,1H2;1H3;/q2*-1;+2. The van der Waals surface area contributed by atoms with Crippen LogP contribution in [0, 0.1) is 6.92 Å². The van der Waals surface area contributed by atoms with Crippen LogP contribution < -0.4 is 5.11 Å². The molecule has 0 saturated heterocycles. The molecular weight excluding hydrogens is 136 g/mol. The van der Waals surface area contributed by atoms with Crippen molar-refractivity contribution in [2.24, 2.45) is 0 Å². The van der Waals surface area contributed by atoms with Gasteiger partial charge < -0.3 is 5.11 Å². The quantitative estimate of drug-likeness (QED) is 0.385. The maximum Gasteiger partial charge on any atom is 2.00 e. The Kier molecular flexibility index (Phi) is 11.0. The summed E-state index contributed by atoms with van der Waals surface area (Å²) in [7, 11) is 0.750. The fourth-order valence-electron chi connectivity index (χ4n) is 0.478. The summed E-state index contributed by atoms with van der Waals surface area (Å²) < 4.78 is 0. The van der Waals surface area contributed by atoms with Crippen molar-refractivity contribution in [2.75, 3.05) is 7.11 Å². The summed E-state index contributed by atoms with van der Waals surface area (Å²) in [6.07, 6.45) is 0. The van der Waals surface area contributed by atoms with Gasteiger partial charge in [0, 0.05) is 0 Å². The van der Waals surface area contributed by atoms with E-state index in [1.807, 2.05) is 30.3 Å². The number of hydrogen-bond acceptors (Lipinski definition) is 1. The SMILES string of the molecule is C[O-].[CH2-]c1ccccc1.[Mg+2]. The zero-order valence-corrected chi connectivity index (χ0v) is 7.62. The van der Waals surface area contributed by atoms with Crippen LogP contribution in [0.25, 0.3) is 0 Å². The zero-order valence-electron chi connectivity index (χ0n) is 6.21. The van der Waals surface area contributed by atoms with Crippen molar-refractivity contribution in [1.29, 1.82) is 0 Å². The molecule has 0 amide bonds. The molecule has 0 saturated carbocycles. The first-order valence-electron chi connectivity index (χ1n) is 2.67. The molecule has 0 spiro atoms. The van der Waals surface area contributed by atoms with Crippen molar-refractivity contribution < 1.29 is 5.11 Å². The summed E-state index contributed by atoms with van der Waals surface area (Å²) in [5.74, 6) is 0. The van der Waals surface area contributed by atoms with Crippen LogP contribution in [0.5, 0.6) is 0 Å². The Morgan fingerprint density at radius 2 is 1.50 bits per heavy atom. The molecule has 0 atom stereocenters. The van der Waals surface area contributed by atoms with Gasteiger partial charge in [0.25, 0.3) is 0 Å². The van der Waals surface area contributed by atoms with E-state index in [2.05, 4.69) is 6.92 Å². The molecule has 1 aromatic carbocycles. The maximum absolute atomic E-state index is 8.25. The van der Waals surface area contributed by atoms with E-state index in [9.17, 15) is 0 Å². The van der Waals surface area contributed by atoms with E-state index in [1.54, 1.807) is 0 Å². The zero-order chi connectivity index (χ0) is 7.11. The second kappa shape index (κ2) is 8.82. The van der Waals surface area contributed by atoms with Crippen molar-refractivity contribution >= 4 is 23.1 Å². The van der Waals surface area contributed by atoms with Crippen molar-refractivity contribution in [1.82, 2.24) is 0 Å². The monoisotopic (exact) mass is 146 g/mol. The van der Waals surface area contributed by atoms with Crippen LogP contribution in [-0.2, 0) is 0 Å². The molecule has 0 aliphatic rings. The van der Waals surface area contributed by atoms with E-state index in [0.717, 1.165) is 12.7 Å². The minimum Gasteiger partial charge on any atom is -0.857 e. The van der Waals surface area contributed by atoms with E-state index < -0.39 is 0 Å². The molecule has 1 aromatic rings. The van der Waals surface area contributed by atoms with Crippen molar-refractivity contribution in [2.45, 2.75) is 0 Å². The summed E-state index contributed by atoms with van der Waals surface area (Å²) in [4.78, 5) is 0. The van der Waals surface area contributed by atoms with Crippen LogP contribution in [0.1, 0.15) is 5.56 Å².